The highest BCUT2D eigenvalue weighted by Gasteiger charge is 2.28. The molecule has 0 aliphatic heterocycles. The summed E-state index contributed by atoms with van der Waals surface area (Å²) in [4.78, 5) is 10.8. The summed E-state index contributed by atoms with van der Waals surface area (Å²) in [6.07, 6.45) is 0. The quantitative estimate of drug-likeness (QED) is 0.591. The molecule has 0 saturated heterocycles. The summed E-state index contributed by atoms with van der Waals surface area (Å²) < 4.78 is 0. The maximum Gasteiger partial charge on any atom is 0.224 e. The van der Waals surface area contributed by atoms with E-state index < -0.39 is 0 Å². The van der Waals surface area contributed by atoms with Gasteiger partial charge in [-0.05, 0) is 22.9 Å². The largest absolute Gasteiger partial charge is 0.281 e. The molecule has 11 heavy (non-hydrogen) atoms. The first-order valence-electron chi connectivity index (χ1n) is 3.96. The molecule has 0 spiro atoms. The smallest absolute Gasteiger partial charge is 0.224 e. The van der Waals surface area contributed by atoms with E-state index in [1.807, 2.05) is 6.92 Å². The van der Waals surface area contributed by atoms with Crippen LogP contribution in [0, 0.1) is 17.3 Å². The predicted octanol–water partition coefficient (Wildman–Crippen LogP) is 3.07. The van der Waals surface area contributed by atoms with Gasteiger partial charge in [-0.3, -0.25) is 4.79 Å². The van der Waals surface area contributed by atoms with Crippen molar-refractivity contribution in [2.75, 3.05) is 0 Å². The maximum absolute atomic E-state index is 10.8. The number of halogens is 1. The highest BCUT2D eigenvalue weighted by atomic mass is 35.5. The van der Waals surface area contributed by atoms with Crippen molar-refractivity contribution in [1.82, 2.24) is 0 Å². The molecule has 0 amide bonds. The van der Waals surface area contributed by atoms with Gasteiger partial charge in [0.1, 0.15) is 0 Å². The molecule has 0 aromatic carbocycles. The Morgan fingerprint density at radius 2 is 1.64 bits per heavy atom. The molecule has 1 nitrogen and oxygen atoms in total. The summed E-state index contributed by atoms with van der Waals surface area (Å²) in [5.74, 6) is 0.282. The fraction of sp³-hybridized carbons (Fsp3) is 0.889. The Labute approximate surface area is 74.1 Å². The SMILES string of the molecule is CC(C(=O)Cl)C(C)C(C)(C)C. The van der Waals surface area contributed by atoms with Crippen LogP contribution in [-0.4, -0.2) is 5.24 Å². The molecule has 0 aliphatic rings. The van der Waals surface area contributed by atoms with Gasteiger partial charge >= 0.3 is 0 Å². The Kier molecular flexibility index (Phi) is 3.56. The third kappa shape index (κ3) is 3.24. The second-order valence-electron chi connectivity index (χ2n) is 4.25. The Balaban J connectivity index is 4.25. The van der Waals surface area contributed by atoms with Gasteiger partial charge in [0.05, 0.1) is 0 Å². The van der Waals surface area contributed by atoms with Crippen LogP contribution in [0.15, 0.2) is 0 Å². The van der Waals surface area contributed by atoms with Gasteiger partial charge in [0.25, 0.3) is 0 Å². The van der Waals surface area contributed by atoms with Crippen LogP contribution < -0.4 is 0 Å². The number of rotatable bonds is 2. The molecule has 0 heterocycles. The van der Waals surface area contributed by atoms with Gasteiger partial charge in [-0.2, -0.15) is 0 Å². The van der Waals surface area contributed by atoms with Gasteiger partial charge < -0.3 is 0 Å². The first-order valence-corrected chi connectivity index (χ1v) is 4.34. The van der Waals surface area contributed by atoms with Gasteiger partial charge in [0, 0.05) is 5.92 Å². The molecule has 0 rings (SSSR count). The van der Waals surface area contributed by atoms with Gasteiger partial charge in [-0.1, -0.05) is 34.6 Å². The van der Waals surface area contributed by atoms with Crippen molar-refractivity contribution in [2.45, 2.75) is 34.6 Å². The minimum Gasteiger partial charge on any atom is -0.281 e. The van der Waals surface area contributed by atoms with Crippen LogP contribution in [0.4, 0.5) is 0 Å². The zero-order chi connectivity index (χ0) is 9.23. The highest BCUT2D eigenvalue weighted by molar-refractivity contribution is 6.63. The van der Waals surface area contributed by atoms with Crippen molar-refractivity contribution in [3.63, 3.8) is 0 Å². The number of carbonyl (C=O) groups excluding carboxylic acids is 1. The second-order valence-corrected chi connectivity index (χ2v) is 4.62. The molecule has 0 aromatic heterocycles. The van der Waals surface area contributed by atoms with E-state index in [1.54, 1.807) is 0 Å². The Morgan fingerprint density at radius 3 is 1.73 bits per heavy atom. The second kappa shape index (κ2) is 3.57. The Hall–Kier alpha value is -0.0400. The zero-order valence-electron chi connectivity index (χ0n) is 7.94. The average Bonchev–Trinajstić information content (AvgIpc) is 1.82. The van der Waals surface area contributed by atoms with Crippen molar-refractivity contribution in [1.29, 1.82) is 0 Å². The lowest BCUT2D eigenvalue weighted by molar-refractivity contribution is -0.117. The fourth-order valence-electron chi connectivity index (χ4n) is 0.947. The third-order valence-corrected chi connectivity index (χ3v) is 2.82. The molecule has 0 radical (unpaired) electrons. The summed E-state index contributed by atoms with van der Waals surface area (Å²) in [5.41, 5.74) is 0.157. The van der Waals surface area contributed by atoms with E-state index >= 15 is 0 Å². The molecular formula is C9H17ClO. The molecule has 2 unspecified atom stereocenters. The van der Waals surface area contributed by atoms with Crippen LogP contribution in [0.25, 0.3) is 0 Å². The van der Waals surface area contributed by atoms with Crippen molar-refractivity contribution in [3.8, 4) is 0 Å². The number of hydrogen-bond acceptors (Lipinski definition) is 1. The molecule has 0 saturated carbocycles. The number of hydrogen-bond donors (Lipinski definition) is 0. The normalized spacial score (nSPS) is 17.6. The lowest BCUT2D eigenvalue weighted by atomic mass is 9.75. The topological polar surface area (TPSA) is 17.1 Å². The molecule has 2 heteroatoms. The monoisotopic (exact) mass is 176 g/mol. The van der Waals surface area contributed by atoms with Crippen LogP contribution in [0.1, 0.15) is 34.6 Å². The predicted molar refractivity (Wildman–Crippen MR) is 48.6 cm³/mol. The fourth-order valence-corrected chi connectivity index (χ4v) is 1.14. The molecule has 0 bridgehead atoms. The lowest BCUT2D eigenvalue weighted by Crippen LogP contribution is -2.27. The van der Waals surface area contributed by atoms with Gasteiger partial charge in [-0.15, -0.1) is 0 Å². The van der Waals surface area contributed by atoms with Gasteiger partial charge in [0.15, 0.2) is 0 Å². The summed E-state index contributed by atoms with van der Waals surface area (Å²) in [6, 6.07) is 0. The van der Waals surface area contributed by atoms with E-state index in [0.29, 0.717) is 5.92 Å². The maximum atomic E-state index is 10.8. The minimum absolute atomic E-state index is 0.0448. The van der Waals surface area contributed by atoms with Crippen molar-refractivity contribution in [3.05, 3.63) is 0 Å². The molecule has 0 N–H and O–H groups in total. The van der Waals surface area contributed by atoms with E-state index in [0.717, 1.165) is 0 Å². The first kappa shape index (κ1) is 11.0. The summed E-state index contributed by atoms with van der Waals surface area (Å²) in [6.45, 7) is 10.3. The average molecular weight is 177 g/mol. The minimum atomic E-state index is -0.229. The van der Waals surface area contributed by atoms with Crippen LogP contribution in [0.3, 0.4) is 0 Å². The summed E-state index contributed by atoms with van der Waals surface area (Å²) in [5, 5.41) is -0.229. The first-order chi connectivity index (χ1) is 4.76. The van der Waals surface area contributed by atoms with E-state index in [-0.39, 0.29) is 16.6 Å². The van der Waals surface area contributed by atoms with Gasteiger partial charge in [-0.25, -0.2) is 0 Å². The van der Waals surface area contributed by atoms with Crippen molar-refractivity contribution < 1.29 is 4.79 Å². The third-order valence-electron chi connectivity index (χ3n) is 2.47. The summed E-state index contributed by atoms with van der Waals surface area (Å²) in [7, 11) is 0. The van der Waals surface area contributed by atoms with E-state index in [4.69, 9.17) is 11.6 Å². The molecule has 0 aliphatic carbocycles. The zero-order valence-corrected chi connectivity index (χ0v) is 8.70. The molecule has 0 aromatic rings. The standard InChI is InChI=1S/C9H17ClO/c1-6(8(10)11)7(2)9(3,4)5/h6-7H,1-5H3. The van der Waals surface area contributed by atoms with E-state index in [2.05, 4.69) is 27.7 Å². The number of carbonyl (C=O) groups is 1. The van der Waals surface area contributed by atoms with Crippen molar-refractivity contribution in [2.24, 2.45) is 17.3 Å². The highest BCUT2D eigenvalue weighted by Crippen LogP contribution is 2.32. The van der Waals surface area contributed by atoms with Crippen LogP contribution in [0.5, 0.6) is 0 Å². The molecule has 0 fully saturated rings. The van der Waals surface area contributed by atoms with Gasteiger partial charge in [0.2, 0.25) is 5.24 Å². The molecule has 66 valence electrons. The van der Waals surface area contributed by atoms with Crippen LogP contribution >= 0.6 is 11.6 Å². The van der Waals surface area contributed by atoms with E-state index in [9.17, 15) is 4.79 Å². The Bertz CT molecular complexity index is 146. The van der Waals surface area contributed by atoms with E-state index in [1.165, 1.54) is 0 Å². The molecule has 2 atom stereocenters. The van der Waals surface area contributed by atoms with Crippen LogP contribution in [-0.2, 0) is 4.79 Å². The lowest BCUT2D eigenvalue weighted by Gasteiger charge is -2.30. The van der Waals surface area contributed by atoms with Crippen molar-refractivity contribution >= 4 is 16.8 Å². The Morgan fingerprint density at radius 1 is 1.27 bits per heavy atom. The van der Waals surface area contributed by atoms with Crippen LogP contribution in [0.2, 0.25) is 0 Å². The summed E-state index contributed by atoms with van der Waals surface area (Å²) >= 11 is 5.39. The molecular weight excluding hydrogens is 160 g/mol.